The van der Waals surface area contributed by atoms with Crippen LogP contribution in [0.25, 0.3) is 0 Å². The van der Waals surface area contributed by atoms with Crippen molar-refractivity contribution in [2.75, 3.05) is 26.2 Å². The Bertz CT molecular complexity index is 658. The van der Waals surface area contributed by atoms with Crippen molar-refractivity contribution in [2.45, 2.75) is 13.0 Å². The van der Waals surface area contributed by atoms with E-state index < -0.39 is 5.78 Å². The summed E-state index contributed by atoms with van der Waals surface area (Å²) in [6.07, 6.45) is 2.67. The van der Waals surface area contributed by atoms with Gasteiger partial charge in [-0.1, -0.05) is 12.1 Å². The van der Waals surface area contributed by atoms with Crippen molar-refractivity contribution < 1.29 is 9.59 Å². The minimum Gasteiger partial charge on any atom is -0.334 e. The molecular formula is C17H19N3O2S. The van der Waals surface area contributed by atoms with Crippen molar-refractivity contribution in [3.05, 3.63) is 52.5 Å². The Labute approximate surface area is 139 Å². The van der Waals surface area contributed by atoms with Gasteiger partial charge in [-0.2, -0.15) is 0 Å². The second-order valence-electron chi connectivity index (χ2n) is 5.55. The molecule has 3 heterocycles. The van der Waals surface area contributed by atoms with Crippen LogP contribution >= 0.6 is 11.3 Å². The number of hydrogen-bond donors (Lipinski definition) is 0. The molecule has 23 heavy (non-hydrogen) atoms. The first-order valence-corrected chi connectivity index (χ1v) is 8.61. The van der Waals surface area contributed by atoms with Crippen molar-refractivity contribution in [3.8, 4) is 0 Å². The number of hydrogen-bond acceptors (Lipinski definition) is 5. The van der Waals surface area contributed by atoms with Crippen molar-refractivity contribution >= 4 is 23.0 Å². The van der Waals surface area contributed by atoms with E-state index in [4.69, 9.17) is 0 Å². The van der Waals surface area contributed by atoms with Crippen LogP contribution in [0.1, 0.15) is 21.8 Å². The third kappa shape index (κ3) is 4.03. The fourth-order valence-electron chi connectivity index (χ4n) is 2.71. The maximum Gasteiger partial charge on any atom is 0.295 e. The van der Waals surface area contributed by atoms with E-state index in [9.17, 15) is 9.59 Å². The molecule has 1 saturated heterocycles. The van der Waals surface area contributed by atoms with Crippen LogP contribution in [0.4, 0.5) is 0 Å². The molecule has 3 rings (SSSR count). The quantitative estimate of drug-likeness (QED) is 0.636. The Morgan fingerprint density at radius 1 is 1.09 bits per heavy atom. The average molecular weight is 329 g/mol. The maximum absolute atomic E-state index is 12.4. The predicted molar refractivity (Wildman–Crippen MR) is 89.4 cm³/mol. The topological polar surface area (TPSA) is 53.5 Å². The van der Waals surface area contributed by atoms with Gasteiger partial charge in [-0.05, 0) is 30.0 Å². The van der Waals surface area contributed by atoms with Crippen molar-refractivity contribution in [1.29, 1.82) is 0 Å². The van der Waals surface area contributed by atoms with Gasteiger partial charge in [0.25, 0.3) is 11.7 Å². The highest BCUT2D eigenvalue weighted by molar-refractivity contribution is 7.12. The molecule has 0 bridgehead atoms. The van der Waals surface area contributed by atoms with Gasteiger partial charge in [0.05, 0.1) is 10.6 Å². The number of carbonyl (C=O) groups is 2. The highest BCUT2D eigenvalue weighted by Crippen LogP contribution is 2.13. The molecule has 0 saturated carbocycles. The fraction of sp³-hybridized carbons (Fsp3) is 0.353. The lowest BCUT2D eigenvalue weighted by Crippen LogP contribution is -2.39. The van der Waals surface area contributed by atoms with Crippen molar-refractivity contribution in [3.63, 3.8) is 0 Å². The van der Waals surface area contributed by atoms with E-state index in [1.807, 2.05) is 23.6 Å². The first-order chi connectivity index (χ1) is 11.2. The molecule has 1 aliphatic rings. The van der Waals surface area contributed by atoms with Gasteiger partial charge < -0.3 is 4.90 Å². The fourth-order valence-corrected chi connectivity index (χ4v) is 3.36. The Morgan fingerprint density at radius 2 is 2.00 bits per heavy atom. The van der Waals surface area contributed by atoms with Crippen LogP contribution in [0.3, 0.4) is 0 Å². The summed E-state index contributed by atoms with van der Waals surface area (Å²) >= 11 is 1.32. The molecule has 2 aromatic rings. The average Bonchev–Trinajstić information content (AvgIpc) is 3.02. The van der Waals surface area contributed by atoms with E-state index >= 15 is 0 Å². The zero-order valence-corrected chi connectivity index (χ0v) is 13.7. The molecule has 5 nitrogen and oxygen atoms in total. The summed E-state index contributed by atoms with van der Waals surface area (Å²) in [6.45, 7) is 3.67. The number of carbonyl (C=O) groups excluding carboxylic acids is 2. The SMILES string of the molecule is O=C(C(=O)N1CCCN(Cc2ccccn2)CC1)c1cccs1. The van der Waals surface area contributed by atoms with Crippen LogP contribution in [0.15, 0.2) is 41.9 Å². The van der Waals surface area contributed by atoms with E-state index in [0.29, 0.717) is 18.0 Å². The Hall–Kier alpha value is -2.05. The maximum atomic E-state index is 12.4. The lowest BCUT2D eigenvalue weighted by atomic mass is 10.2. The smallest absolute Gasteiger partial charge is 0.295 e. The molecule has 1 amide bonds. The summed E-state index contributed by atoms with van der Waals surface area (Å²) < 4.78 is 0. The number of nitrogens with zero attached hydrogens (tertiary/aromatic N) is 3. The van der Waals surface area contributed by atoms with Crippen molar-refractivity contribution in [2.24, 2.45) is 0 Å². The van der Waals surface area contributed by atoms with Gasteiger partial charge >= 0.3 is 0 Å². The number of pyridine rings is 1. The Morgan fingerprint density at radius 3 is 2.74 bits per heavy atom. The van der Waals surface area contributed by atoms with Gasteiger partial charge in [0.1, 0.15) is 0 Å². The normalized spacial score (nSPS) is 16.1. The van der Waals surface area contributed by atoms with Gasteiger partial charge in [0, 0.05) is 38.9 Å². The first kappa shape index (κ1) is 15.8. The lowest BCUT2D eigenvalue weighted by Gasteiger charge is -2.21. The molecule has 0 spiro atoms. The molecule has 1 fully saturated rings. The van der Waals surface area contributed by atoms with E-state index in [-0.39, 0.29) is 5.91 Å². The van der Waals surface area contributed by atoms with Gasteiger partial charge in [-0.3, -0.25) is 19.5 Å². The van der Waals surface area contributed by atoms with Crippen LogP contribution in [0.2, 0.25) is 0 Å². The largest absolute Gasteiger partial charge is 0.334 e. The zero-order valence-electron chi connectivity index (χ0n) is 12.9. The molecule has 0 aromatic carbocycles. The van der Waals surface area contributed by atoms with Crippen LogP contribution in [-0.2, 0) is 11.3 Å². The van der Waals surface area contributed by atoms with E-state index in [2.05, 4.69) is 9.88 Å². The van der Waals surface area contributed by atoms with E-state index in [1.54, 1.807) is 23.2 Å². The standard InChI is InChI=1S/C17H19N3O2S/c21-16(15-6-3-12-23-15)17(22)20-9-4-8-19(10-11-20)13-14-5-1-2-7-18-14/h1-3,5-7,12H,4,8-11,13H2. The molecule has 2 aromatic heterocycles. The summed E-state index contributed by atoms with van der Waals surface area (Å²) in [5.41, 5.74) is 1.03. The second kappa shape index (κ2) is 7.48. The second-order valence-corrected chi connectivity index (χ2v) is 6.50. The number of amides is 1. The Balaban J connectivity index is 1.58. The predicted octanol–water partition coefficient (Wildman–Crippen LogP) is 2.06. The lowest BCUT2D eigenvalue weighted by molar-refractivity contribution is -0.126. The molecule has 1 aliphatic heterocycles. The van der Waals surface area contributed by atoms with E-state index in [0.717, 1.165) is 31.7 Å². The molecule has 120 valence electrons. The molecule has 6 heteroatoms. The monoisotopic (exact) mass is 329 g/mol. The van der Waals surface area contributed by atoms with Gasteiger partial charge in [0.15, 0.2) is 0 Å². The molecule has 0 radical (unpaired) electrons. The highest BCUT2D eigenvalue weighted by atomic mass is 32.1. The van der Waals surface area contributed by atoms with Crippen LogP contribution < -0.4 is 0 Å². The number of ketones is 1. The van der Waals surface area contributed by atoms with Crippen LogP contribution in [0.5, 0.6) is 0 Å². The molecular weight excluding hydrogens is 310 g/mol. The summed E-state index contributed by atoms with van der Waals surface area (Å²) in [7, 11) is 0. The minimum absolute atomic E-state index is 0.382. The summed E-state index contributed by atoms with van der Waals surface area (Å²) in [5.74, 6) is -0.773. The van der Waals surface area contributed by atoms with Crippen molar-refractivity contribution in [1.82, 2.24) is 14.8 Å². The van der Waals surface area contributed by atoms with Gasteiger partial charge in [-0.25, -0.2) is 0 Å². The molecule has 0 N–H and O–H groups in total. The number of aromatic nitrogens is 1. The van der Waals surface area contributed by atoms with Gasteiger partial charge in [-0.15, -0.1) is 11.3 Å². The van der Waals surface area contributed by atoms with Crippen LogP contribution in [0, 0.1) is 0 Å². The van der Waals surface area contributed by atoms with Gasteiger partial charge in [0.2, 0.25) is 0 Å². The number of thiophene rings is 1. The third-order valence-electron chi connectivity index (χ3n) is 3.93. The first-order valence-electron chi connectivity index (χ1n) is 7.73. The minimum atomic E-state index is -0.391. The number of rotatable bonds is 4. The highest BCUT2D eigenvalue weighted by Gasteiger charge is 2.26. The Kier molecular flexibility index (Phi) is 5.15. The third-order valence-corrected chi connectivity index (χ3v) is 4.80. The van der Waals surface area contributed by atoms with Crippen LogP contribution in [-0.4, -0.2) is 52.7 Å². The summed E-state index contributed by atoms with van der Waals surface area (Å²) in [5, 5.41) is 1.82. The summed E-state index contributed by atoms with van der Waals surface area (Å²) in [4.78, 5) is 33.4. The molecule has 0 unspecified atom stereocenters. The molecule has 0 aliphatic carbocycles. The summed E-state index contributed by atoms with van der Waals surface area (Å²) in [6, 6.07) is 9.39. The molecule has 0 atom stereocenters. The van der Waals surface area contributed by atoms with E-state index in [1.165, 1.54) is 11.3 Å². The number of Topliss-reactive ketones (excluding diaryl/α,β-unsaturated/α-hetero) is 1. The zero-order chi connectivity index (χ0) is 16.1.